The molecule has 3 aromatic heterocycles. The van der Waals surface area contributed by atoms with Crippen LogP contribution >= 0.6 is 0 Å². The van der Waals surface area contributed by atoms with Crippen molar-refractivity contribution in [3.8, 4) is 45.5 Å². The molecule has 0 radical (unpaired) electrons. The third kappa shape index (κ3) is 5.25. The van der Waals surface area contributed by atoms with Crippen LogP contribution < -0.4 is 0 Å². The van der Waals surface area contributed by atoms with E-state index in [4.69, 9.17) is 15.0 Å². The van der Waals surface area contributed by atoms with E-state index in [1.807, 2.05) is 18.2 Å². The van der Waals surface area contributed by atoms with Crippen molar-refractivity contribution < 1.29 is 0 Å². The molecule has 0 aliphatic carbocycles. The van der Waals surface area contributed by atoms with Gasteiger partial charge in [0.15, 0.2) is 17.5 Å². The van der Waals surface area contributed by atoms with Gasteiger partial charge in [0.2, 0.25) is 0 Å². The predicted molar refractivity (Wildman–Crippen MR) is 257 cm³/mol. The highest BCUT2D eigenvalue weighted by Gasteiger charge is 2.22. The van der Waals surface area contributed by atoms with Gasteiger partial charge in [-0.25, -0.2) is 15.0 Å². The van der Waals surface area contributed by atoms with Gasteiger partial charge < -0.3 is 9.13 Å². The Kier molecular flexibility index (Phi) is 7.54. The minimum Gasteiger partial charge on any atom is -0.309 e. The first-order valence-electron chi connectivity index (χ1n) is 21.0. The highest BCUT2D eigenvalue weighted by atomic mass is 15.0. The van der Waals surface area contributed by atoms with Crippen molar-refractivity contribution in [2.75, 3.05) is 0 Å². The zero-order valence-electron chi connectivity index (χ0n) is 33.4. The van der Waals surface area contributed by atoms with Gasteiger partial charge >= 0.3 is 0 Å². The molecule has 5 nitrogen and oxygen atoms in total. The lowest BCUT2D eigenvalue weighted by Gasteiger charge is -2.15. The van der Waals surface area contributed by atoms with Crippen molar-refractivity contribution in [3.05, 3.63) is 212 Å². The molecule has 0 aliphatic rings. The summed E-state index contributed by atoms with van der Waals surface area (Å²) in [6, 6.07) is 75.8. The van der Waals surface area contributed by atoms with E-state index >= 15 is 0 Å². The van der Waals surface area contributed by atoms with E-state index in [2.05, 4.69) is 203 Å². The summed E-state index contributed by atoms with van der Waals surface area (Å²) in [5, 5.41) is 11.9. The highest BCUT2D eigenvalue weighted by molar-refractivity contribution is 6.26. The summed E-state index contributed by atoms with van der Waals surface area (Å²) in [6.45, 7) is 0. The van der Waals surface area contributed by atoms with E-state index in [-0.39, 0.29) is 0 Å². The maximum atomic E-state index is 5.24. The lowest BCUT2D eigenvalue weighted by atomic mass is 10.0. The number of benzene rings is 10. The molecule has 5 heteroatoms. The summed E-state index contributed by atoms with van der Waals surface area (Å²) in [5.41, 5.74) is 9.72. The van der Waals surface area contributed by atoms with Crippen LogP contribution in [-0.2, 0) is 0 Å². The standard InChI is InChI=1S/C57H35N5/c1-3-17-38(18-4-1)55-58-56(40-28-27-36-15-7-8-19-39(36)33-40)60-57(59-55)46-30-32-50(44-24-12-11-23-43(44)46)62-51-31-29-37-16-9-10-22-42(37)54(51)48-34-47-45-25-13-14-26-49(45)61(52(47)35-53(48)62)41-20-5-2-6-21-41/h1-35H. The third-order valence-electron chi connectivity index (χ3n) is 12.5. The molecule has 0 spiro atoms. The largest absolute Gasteiger partial charge is 0.309 e. The summed E-state index contributed by atoms with van der Waals surface area (Å²) in [4.78, 5) is 15.5. The quantitative estimate of drug-likeness (QED) is 0.174. The molecule has 13 rings (SSSR count). The fourth-order valence-electron chi connectivity index (χ4n) is 9.71. The predicted octanol–water partition coefficient (Wildman–Crippen LogP) is 14.5. The van der Waals surface area contributed by atoms with Crippen LogP contribution in [0.25, 0.3) is 121 Å². The number of hydrogen-bond acceptors (Lipinski definition) is 3. The second kappa shape index (κ2) is 13.6. The third-order valence-corrected chi connectivity index (χ3v) is 12.5. The summed E-state index contributed by atoms with van der Waals surface area (Å²) >= 11 is 0. The molecule has 0 fully saturated rings. The molecule has 3 heterocycles. The van der Waals surface area contributed by atoms with Gasteiger partial charge in [0, 0.05) is 49.3 Å². The van der Waals surface area contributed by atoms with Crippen LogP contribution in [-0.4, -0.2) is 24.1 Å². The molecule has 0 unspecified atom stereocenters. The molecule has 0 saturated heterocycles. The Morgan fingerprint density at radius 3 is 1.73 bits per heavy atom. The molecule has 0 N–H and O–H groups in total. The topological polar surface area (TPSA) is 48.5 Å². The number of para-hydroxylation sites is 2. The summed E-state index contributed by atoms with van der Waals surface area (Å²) in [5.74, 6) is 1.91. The molecular weight excluding hydrogens is 755 g/mol. The number of hydrogen-bond donors (Lipinski definition) is 0. The van der Waals surface area contributed by atoms with E-state index < -0.39 is 0 Å². The van der Waals surface area contributed by atoms with Crippen molar-refractivity contribution in [2.24, 2.45) is 0 Å². The second-order valence-corrected chi connectivity index (χ2v) is 16.0. The first-order chi connectivity index (χ1) is 30.7. The Bertz CT molecular complexity index is 3920. The normalized spacial score (nSPS) is 11.9. The van der Waals surface area contributed by atoms with Gasteiger partial charge in [-0.3, -0.25) is 0 Å². The molecular formula is C57H35N5. The van der Waals surface area contributed by atoms with E-state index in [9.17, 15) is 0 Å². The van der Waals surface area contributed by atoms with Crippen LogP contribution in [0.15, 0.2) is 212 Å². The van der Waals surface area contributed by atoms with Gasteiger partial charge in [-0.05, 0) is 81.5 Å². The molecule has 288 valence electrons. The molecule has 0 atom stereocenters. The van der Waals surface area contributed by atoms with Gasteiger partial charge in [0.25, 0.3) is 0 Å². The minimum absolute atomic E-state index is 0.632. The molecule has 62 heavy (non-hydrogen) atoms. The Morgan fingerprint density at radius 2 is 0.903 bits per heavy atom. The van der Waals surface area contributed by atoms with Crippen LogP contribution in [0.3, 0.4) is 0 Å². The Morgan fingerprint density at radius 1 is 0.290 bits per heavy atom. The molecule has 0 aliphatic heterocycles. The molecule has 0 bridgehead atoms. The smallest absolute Gasteiger partial charge is 0.164 e. The average Bonchev–Trinajstić information content (AvgIpc) is 3.85. The number of fused-ring (bicyclic) bond motifs is 10. The van der Waals surface area contributed by atoms with E-state index in [1.165, 1.54) is 48.7 Å². The first kappa shape index (κ1) is 34.5. The molecule has 13 aromatic rings. The fraction of sp³-hybridized carbons (Fsp3) is 0. The molecule has 0 saturated carbocycles. The SMILES string of the molecule is c1ccc(-c2nc(-c3ccc4ccccc4c3)nc(-c3ccc(-n4c5cc6c(cc5c5c7ccccc7ccc54)c4ccccc4n6-c4ccccc4)c4ccccc34)n2)cc1. The van der Waals surface area contributed by atoms with Gasteiger partial charge in [0.1, 0.15) is 0 Å². The van der Waals surface area contributed by atoms with Gasteiger partial charge in [-0.2, -0.15) is 0 Å². The van der Waals surface area contributed by atoms with E-state index in [0.717, 1.165) is 55.3 Å². The van der Waals surface area contributed by atoms with Crippen LogP contribution in [0.2, 0.25) is 0 Å². The maximum Gasteiger partial charge on any atom is 0.164 e. The Hall–Kier alpha value is -8.41. The average molecular weight is 790 g/mol. The van der Waals surface area contributed by atoms with E-state index in [1.54, 1.807) is 0 Å². The Labute approximate surface area is 356 Å². The van der Waals surface area contributed by atoms with Gasteiger partial charge in [0.05, 0.1) is 27.8 Å². The molecule has 0 amide bonds. The second-order valence-electron chi connectivity index (χ2n) is 16.0. The van der Waals surface area contributed by atoms with Crippen LogP contribution in [0.1, 0.15) is 0 Å². The first-order valence-corrected chi connectivity index (χ1v) is 21.0. The van der Waals surface area contributed by atoms with Crippen molar-refractivity contribution in [1.82, 2.24) is 24.1 Å². The number of rotatable bonds is 5. The summed E-state index contributed by atoms with van der Waals surface area (Å²) in [7, 11) is 0. The van der Waals surface area contributed by atoms with Gasteiger partial charge in [-0.1, -0.05) is 158 Å². The summed E-state index contributed by atoms with van der Waals surface area (Å²) < 4.78 is 4.88. The monoisotopic (exact) mass is 789 g/mol. The van der Waals surface area contributed by atoms with Crippen LogP contribution in [0, 0.1) is 0 Å². The van der Waals surface area contributed by atoms with Crippen LogP contribution in [0.5, 0.6) is 0 Å². The molecule has 10 aromatic carbocycles. The van der Waals surface area contributed by atoms with Crippen molar-refractivity contribution >= 4 is 75.9 Å². The lowest BCUT2D eigenvalue weighted by molar-refractivity contribution is 1.08. The zero-order chi connectivity index (χ0) is 40.7. The fourth-order valence-corrected chi connectivity index (χ4v) is 9.71. The van der Waals surface area contributed by atoms with Crippen molar-refractivity contribution in [2.45, 2.75) is 0 Å². The zero-order valence-corrected chi connectivity index (χ0v) is 33.4. The van der Waals surface area contributed by atoms with Crippen molar-refractivity contribution in [3.63, 3.8) is 0 Å². The van der Waals surface area contributed by atoms with Crippen molar-refractivity contribution in [1.29, 1.82) is 0 Å². The minimum atomic E-state index is 0.632. The number of nitrogens with zero attached hydrogens (tertiary/aromatic N) is 5. The van der Waals surface area contributed by atoms with Crippen LogP contribution in [0.4, 0.5) is 0 Å². The highest BCUT2D eigenvalue weighted by Crippen LogP contribution is 2.44. The van der Waals surface area contributed by atoms with Gasteiger partial charge in [-0.15, -0.1) is 0 Å². The van der Waals surface area contributed by atoms with E-state index in [0.29, 0.717) is 17.5 Å². The summed E-state index contributed by atoms with van der Waals surface area (Å²) in [6.07, 6.45) is 0. The number of aromatic nitrogens is 5. The maximum absolute atomic E-state index is 5.24. The Balaban J connectivity index is 1.10. The lowest BCUT2D eigenvalue weighted by Crippen LogP contribution is -2.02.